The fraction of sp³-hybridized carbons (Fsp3) is 0.455. The molecule has 0 heterocycles. The molecule has 2 unspecified atom stereocenters. The molecular formula is C11H15F2NO. The molecule has 4 heteroatoms. The van der Waals surface area contributed by atoms with Crippen molar-refractivity contribution in [2.24, 2.45) is 5.73 Å². The SMILES string of the molecule is COC(C)CC(N)c1ccc(F)cc1F. The average molecular weight is 215 g/mol. The maximum atomic E-state index is 13.3. The Morgan fingerprint density at radius 2 is 2.07 bits per heavy atom. The normalized spacial score (nSPS) is 15.0. The Kier molecular flexibility index (Phi) is 4.17. The minimum absolute atomic E-state index is 0.0514. The van der Waals surface area contributed by atoms with Gasteiger partial charge in [0.05, 0.1) is 6.10 Å². The van der Waals surface area contributed by atoms with Gasteiger partial charge in [0.2, 0.25) is 0 Å². The predicted molar refractivity (Wildman–Crippen MR) is 54.4 cm³/mol. The van der Waals surface area contributed by atoms with Crippen molar-refractivity contribution in [3.8, 4) is 0 Å². The molecule has 84 valence electrons. The van der Waals surface area contributed by atoms with Crippen molar-refractivity contribution in [2.75, 3.05) is 7.11 Å². The van der Waals surface area contributed by atoms with Gasteiger partial charge in [-0.2, -0.15) is 0 Å². The summed E-state index contributed by atoms with van der Waals surface area (Å²) < 4.78 is 31.0. The highest BCUT2D eigenvalue weighted by Crippen LogP contribution is 2.20. The van der Waals surface area contributed by atoms with Crippen molar-refractivity contribution in [1.29, 1.82) is 0 Å². The molecule has 15 heavy (non-hydrogen) atoms. The second-order valence-corrected chi connectivity index (χ2v) is 3.55. The fourth-order valence-corrected chi connectivity index (χ4v) is 1.38. The van der Waals surface area contributed by atoms with Crippen molar-refractivity contribution in [1.82, 2.24) is 0 Å². The molecule has 2 N–H and O–H groups in total. The van der Waals surface area contributed by atoms with Gasteiger partial charge in [0.1, 0.15) is 11.6 Å². The van der Waals surface area contributed by atoms with Crippen molar-refractivity contribution < 1.29 is 13.5 Å². The van der Waals surface area contributed by atoms with E-state index in [0.29, 0.717) is 12.0 Å². The summed E-state index contributed by atoms with van der Waals surface area (Å²) in [5, 5.41) is 0. The van der Waals surface area contributed by atoms with Crippen LogP contribution in [0.3, 0.4) is 0 Å². The number of benzene rings is 1. The predicted octanol–water partition coefficient (Wildman–Crippen LogP) is 2.39. The van der Waals surface area contributed by atoms with Crippen LogP contribution in [0, 0.1) is 11.6 Å². The van der Waals surface area contributed by atoms with E-state index in [-0.39, 0.29) is 6.10 Å². The number of ether oxygens (including phenoxy) is 1. The summed E-state index contributed by atoms with van der Waals surface area (Å²) in [5.41, 5.74) is 6.10. The van der Waals surface area contributed by atoms with Gasteiger partial charge in [-0.3, -0.25) is 0 Å². The second kappa shape index (κ2) is 5.19. The highest BCUT2D eigenvalue weighted by molar-refractivity contribution is 5.21. The van der Waals surface area contributed by atoms with Crippen LogP contribution in [0.15, 0.2) is 18.2 Å². The zero-order valence-corrected chi connectivity index (χ0v) is 8.84. The van der Waals surface area contributed by atoms with E-state index >= 15 is 0 Å². The largest absolute Gasteiger partial charge is 0.382 e. The highest BCUT2D eigenvalue weighted by atomic mass is 19.1. The van der Waals surface area contributed by atoms with Crippen LogP contribution < -0.4 is 5.73 Å². The van der Waals surface area contributed by atoms with E-state index in [9.17, 15) is 8.78 Å². The van der Waals surface area contributed by atoms with E-state index in [1.807, 2.05) is 6.92 Å². The van der Waals surface area contributed by atoms with E-state index < -0.39 is 17.7 Å². The van der Waals surface area contributed by atoms with Gasteiger partial charge in [-0.1, -0.05) is 6.07 Å². The molecule has 2 nitrogen and oxygen atoms in total. The van der Waals surface area contributed by atoms with E-state index in [0.717, 1.165) is 6.07 Å². The van der Waals surface area contributed by atoms with Crippen LogP contribution in [-0.4, -0.2) is 13.2 Å². The van der Waals surface area contributed by atoms with Crippen molar-refractivity contribution in [3.05, 3.63) is 35.4 Å². The zero-order valence-electron chi connectivity index (χ0n) is 8.84. The summed E-state index contributed by atoms with van der Waals surface area (Å²) in [6.07, 6.45) is 0.448. The van der Waals surface area contributed by atoms with Crippen molar-refractivity contribution in [2.45, 2.75) is 25.5 Å². The molecule has 0 fully saturated rings. The molecule has 0 aliphatic carbocycles. The molecule has 1 aromatic rings. The summed E-state index contributed by atoms with van der Waals surface area (Å²) in [6, 6.07) is 2.95. The lowest BCUT2D eigenvalue weighted by Gasteiger charge is -2.16. The first-order chi connectivity index (χ1) is 7.04. The Labute approximate surface area is 88.0 Å². The molecule has 0 amide bonds. The molecule has 0 aromatic heterocycles. The lowest BCUT2D eigenvalue weighted by atomic mass is 10.0. The number of methoxy groups -OCH3 is 1. The quantitative estimate of drug-likeness (QED) is 0.837. The Bertz CT molecular complexity index is 330. The minimum atomic E-state index is -0.606. The summed E-state index contributed by atoms with van der Waals surface area (Å²) in [7, 11) is 1.57. The van der Waals surface area contributed by atoms with Crippen LogP contribution in [0.25, 0.3) is 0 Å². The minimum Gasteiger partial charge on any atom is -0.382 e. The summed E-state index contributed by atoms with van der Waals surface area (Å²) in [5.74, 6) is -1.20. The number of rotatable bonds is 4. The topological polar surface area (TPSA) is 35.2 Å². The monoisotopic (exact) mass is 215 g/mol. The summed E-state index contributed by atoms with van der Waals surface area (Å²) >= 11 is 0. The molecule has 0 radical (unpaired) electrons. The molecule has 0 spiro atoms. The second-order valence-electron chi connectivity index (χ2n) is 3.55. The maximum Gasteiger partial charge on any atom is 0.130 e. The standard InChI is InChI=1S/C11H15F2NO/c1-7(15-2)5-11(14)9-4-3-8(12)6-10(9)13/h3-4,6-7,11H,5,14H2,1-2H3. The van der Waals surface area contributed by atoms with Crippen molar-refractivity contribution >= 4 is 0 Å². The molecule has 0 saturated carbocycles. The van der Waals surface area contributed by atoms with Gasteiger partial charge in [0.25, 0.3) is 0 Å². The van der Waals surface area contributed by atoms with Gasteiger partial charge in [0, 0.05) is 24.8 Å². The van der Waals surface area contributed by atoms with Crippen LogP contribution in [0.2, 0.25) is 0 Å². The highest BCUT2D eigenvalue weighted by Gasteiger charge is 2.14. The third kappa shape index (κ3) is 3.25. The number of nitrogens with two attached hydrogens (primary N) is 1. The van der Waals surface area contributed by atoms with Gasteiger partial charge in [-0.25, -0.2) is 8.78 Å². The average Bonchev–Trinajstić information content (AvgIpc) is 2.17. The molecular weight excluding hydrogens is 200 g/mol. The van der Waals surface area contributed by atoms with E-state index in [2.05, 4.69) is 0 Å². The van der Waals surface area contributed by atoms with Crippen LogP contribution in [0.1, 0.15) is 24.9 Å². The Morgan fingerprint density at radius 1 is 1.40 bits per heavy atom. The number of hydrogen-bond donors (Lipinski definition) is 1. The molecule has 2 atom stereocenters. The van der Waals surface area contributed by atoms with Gasteiger partial charge in [0.15, 0.2) is 0 Å². The number of hydrogen-bond acceptors (Lipinski definition) is 2. The lowest BCUT2D eigenvalue weighted by molar-refractivity contribution is 0.104. The molecule has 1 rings (SSSR count). The first kappa shape index (κ1) is 12.1. The van der Waals surface area contributed by atoms with Gasteiger partial charge < -0.3 is 10.5 Å². The molecule has 0 aliphatic heterocycles. The van der Waals surface area contributed by atoms with Crippen LogP contribution in [0.5, 0.6) is 0 Å². The lowest BCUT2D eigenvalue weighted by Crippen LogP contribution is -2.19. The fourth-order valence-electron chi connectivity index (χ4n) is 1.38. The van der Waals surface area contributed by atoms with E-state index in [1.165, 1.54) is 12.1 Å². The molecule has 0 aliphatic rings. The third-order valence-corrected chi connectivity index (χ3v) is 2.35. The smallest absolute Gasteiger partial charge is 0.130 e. The summed E-state index contributed by atoms with van der Waals surface area (Å²) in [6.45, 7) is 1.85. The third-order valence-electron chi connectivity index (χ3n) is 2.35. The first-order valence-corrected chi connectivity index (χ1v) is 4.78. The van der Waals surface area contributed by atoms with Gasteiger partial charge >= 0.3 is 0 Å². The first-order valence-electron chi connectivity index (χ1n) is 4.78. The van der Waals surface area contributed by atoms with Crippen LogP contribution in [0.4, 0.5) is 8.78 Å². The Hall–Kier alpha value is -1.00. The van der Waals surface area contributed by atoms with Crippen molar-refractivity contribution in [3.63, 3.8) is 0 Å². The maximum absolute atomic E-state index is 13.3. The summed E-state index contributed by atoms with van der Waals surface area (Å²) in [4.78, 5) is 0. The van der Waals surface area contributed by atoms with Crippen LogP contribution >= 0.6 is 0 Å². The van der Waals surface area contributed by atoms with E-state index in [1.54, 1.807) is 7.11 Å². The molecule has 0 bridgehead atoms. The van der Waals surface area contributed by atoms with Gasteiger partial charge in [-0.05, 0) is 19.4 Å². The zero-order chi connectivity index (χ0) is 11.4. The Balaban J connectivity index is 2.77. The Morgan fingerprint density at radius 3 is 2.60 bits per heavy atom. The van der Waals surface area contributed by atoms with E-state index in [4.69, 9.17) is 10.5 Å². The molecule has 0 saturated heterocycles. The van der Waals surface area contributed by atoms with Crippen LogP contribution in [-0.2, 0) is 4.74 Å². The number of halogens is 2. The van der Waals surface area contributed by atoms with Gasteiger partial charge in [-0.15, -0.1) is 0 Å². The molecule has 1 aromatic carbocycles.